The monoisotopic (exact) mass is 282 g/mol. The van der Waals surface area contributed by atoms with Crippen molar-refractivity contribution in [1.29, 1.82) is 0 Å². The van der Waals surface area contributed by atoms with E-state index in [4.69, 9.17) is 0 Å². The van der Waals surface area contributed by atoms with Gasteiger partial charge in [0.25, 0.3) is 0 Å². The number of hydrogen-bond donors (Lipinski definition) is 3. The number of aliphatic hydroxyl groups excluding tert-OH is 1. The van der Waals surface area contributed by atoms with Gasteiger partial charge in [0.1, 0.15) is 5.82 Å². The SMILES string of the molecule is CCC(CC)(CO)CNCC(=O)Nc1ccc(F)cc1. The highest BCUT2D eigenvalue weighted by atomic mass is 19.1. The lowest BCUT2D eigenvalue weighted by atomic mass is 9.83. The number of halogens is 1. The van der Waals surface area contributed by atoms with Crippen LogP contribution in [0.25, 0.3) is 0 Å². The lowest BCUT2D eigenvalue weighted by Gasteiger charge is -2.29. The summed E-state index contributed by atoms with van der Waals surface area (Å²) in [4.78, 5) is 11.7. The standard InChI is InChI=1S/C15H23FN2O2/c1-3-15(4-2,11-19)10-17-9-14(20)18-13-7-5-12(16)6-8-13/h5-8,17,19H,3-4,9-11H2,1-2H3,(H,18,20). The van der Waals surface area contributed by atoms with E-state index in [1.54, 1.807) is 0 Å². The number of carbonyl (C=O) groups is 1. The fourth-order valence-electron chi connectivity index (χ4n) is 1.96. The minimum absolute atomic E-state index is 0.104. The normalized spacial score (nSPS) is 11.4. The number of anilines is 1. The largest absolute Gasteiger partial charge is 0.396 e. The molecule has 0 fully saturated rings. The van der Waals surface area contributed by atoms with Crippen molar-refractivity contribution < 1.29 is 14.3 Å². The Morgan fingerprint density at radius 3 is 2.35 bits per heavy atom. The number of nitrogens with one attached hydrogen (secondary N) is 2. The van der Waals surface area contributed by atoms with Gasteiger partial charge in [-0.25, -0.2) is 4.39 Å². The molecule has 0 bridgehead atoms. The van der Waals surface area contributed by atoms with Gasteiger partial charge in [-0.15, -0.1) is 0 Å². The molecule has 1 rings (SSSR count). The van der Waals surface area contributed by atoms with Crippen LogP contribution in [0.1, 0.15) is 26.7 Å². The van der Waals surface area contributed by atoms with Gasteiger partial charge in [0.15, 0.2) is 0 Å². The predicted octanol–water partition coefficient (Wildman–Crippen LogP) is 2.15. The van der Waals surface area contributed by atoms with Gasteiger partial charge in [0.05, 0.1) is 6.54 Å². The topological polar surface area (TPSA) is 61.4 Å². The van der Waals surface area contributed by atoms with Crippen molar-refractivity contribution in [1.82, 2.24) is 5.32 Å². The fourth-order valence-corrected chi connectivity index (χ4v) is 1.96. The number of amides is 1. The molecule has 0 aromatic heterocycles. The Morgan fingerprint density at radius 1 is 1.25 bits per heavy atom. The van der Waals surface area contributed by atoms with Crippen molar-refractivity contribution in [2.24, 2.45) is 5.41 Å². The first kappa shape index (κ1) is 16.6. The van der Waals surface area contributed by atoms with Crippen LogP contribution in [-0.4, -0.2) is 30.7 Å². The number of aliphatic hydroxyl groups is 1. The van der Waals surface area contributed by atoms with Crippen molar-refractivity contribution in [3.8, 4) is 0 Å². The van der Waals surface area contributed by atoms with Crippen LogP contribution in [0.15, 0.2) is 24.3 Å². The van der Waals surface area contributed by atoms with Crippen molar-refractivity contribution in [3.05, 3.63) is 30.1 Å². The Hall–Kier alpha value is -1.46. The van der Waals surface area contributed by atoms with E-state index < -0.39 is 0 Å². The van der Waals surface area contributed by atoms with E-state index in [0.29, 0.717) is 12.2 Å². The van der Waals surface area contributed by atoms with Gasteiger partial charge in [0.2, 0.25) is 5.91 Å². The quantitative estimate of drug-likeness (QED) is 0.684. The molecular formula is C15H23FN2O2. The lowest BCUT2D eigenvalue weighted by molar-refractivity contribution is -0.115. The molecule has 1 aromatic rings. The van der Waals surface area contributed by atoms with Gasteiger partial charge < -0.3 is 15.7 Å². The maximum atomic E-state index is 12.7. The smallest absolute Gasteiger partial charge is 0.238 e. The summed E-state index contributed by atoms with van der Waals surface area (Å²) in [5.74, 6) is -0.518. The highest BCUT2D eigenvalue weighted by molar-refractivity contribution is 5.92. The molecule has 0 saturated heterocycles. The van der Waals surface area contributed by atoms with E-state index in [1.807, 2.05) is 13.8 Å². The van der Waals surface area contributed by atoms with Crippen LogP contribution in [-0.2, 0) is 4.79 Å². The maximum Gasteiger partial charge on any atom is 0.238 e. The van der Waals surface area contributed by atoms with Crippen LogP contribution in [0.5, 0.6) is 0 Å². The predicted molar refractivity (Wildman–Crippen MR) is 78.0 cm³/mol. The van der Waals surface area contributed by atoms with Crippen molar-refractivity contribution >= 4 is 11.6 Å². The highest BCUT2D eigenvalue weighted by Gasteiger charge is 2.24. The van der Waals surface area contributed by atoms with Crippen LogP contribution < -0.4 is 10.6 Å². The summed E-state index contributed by atoms with van der Waals surface area (Å²) in [6.07, 6.45) is 1.71. The molecule has 20 heavy (non-hydrogen) atoms. The van der Waals surface area contributed by atoms with Crippen LogP contribution >= 0.6 is 0 Å². The van der Waals surface area contributed by atoms with Gasteiger partial charge in [0, 0.05) is 24.3 Å². The van der Waals surface area contributed by atoms with Crippen LogP contribution in [0, 0.1) is 11.2 Å². The Morgan fingerprint density at radius 2 is 1.85 bits per heavy atom. The molecule has 5 heteroatoms. The molecule has 1 amide bonds. The first-order valence-electron chi connectivity index (χ1n) is 6.92. The van der Waals surface area contributed by atoms with Gasteiger partial charge in [-0.3, -0.25) is 4.79 Å². The summed E-state index contributed by atoms with van der Waals surface area (Å²) >= 11 is 0. The molecule has 3 N–H and O–H groups in total. The highest BCUT2D eigenvalue weighted by Crippen LogP contribution is 2.24. The van der Waals surface area contributed by atoms with Crippen molar-refractivity contribution in [2.75, 3.05) is 25.0 Å². The summed E-state index contributed by atoms with van der Waals surface area (Å²) < 4.78 is 12.7. The number of carbonyl (C=O) groups excluding carboxylic acids is 1. The molecule has 0 saturated carbocycles. The molecule has 0 unspecified atom stereocenters. The zero-order chi connectivity index (χ0) is 15.0. The second kappa shape index (κ2) is 7.97. The minimum Gasteiger partial charge on any atom is -0.396 e. The van der Waals surface area contributed by atoms with Crippen LogP contribution in [0.3, 0.4) is 0 Å². The zero-order valence-electron chi connectivity index (χ0n) is 12.1. The van der Waals surface area contributed by atoms with E-state index in [0.717, 1.165) is 12.8 Å². The first-order chi connectivity index (χ1) is 9.55. The molecule has 0 aliphatic rings. The van der Waals surface area contributed by atoms with E-state index in [-0.39, 0.29) is 30.3 Å². The summed E-state index contributed by atoms with van der Waals surface area (Å²) in [6, 6.07) is 5.63. The molecule has 0 heterocycles. The maximum absolute atomic E-state index is 12.7. The van der Waals surface area contributed by atoms with Crippen molar-refractivity contribution in [3.63, 3.8) is 0 Å². The second-order valence-electron chi connectivity index (χ2n) is 5.02. The summed E-state index contributed by atoms with van der Waals surface area (Å²) in [7, 11) is 0. The third-order valence-corrected chi connectivity index (χ3v) is 3.75. The number of benzene rings is 1. The Balaban J connectivity index is 2.38. The van der Waals surface area contributed by atoms with Gasteiger partial charge in [-0.05, 0) is 37.1 Å². The first-order valence-corrected chi connectivity index (χ1v) is 6.92. The van der Waals surface area contributed by atoms with Gasteiger partial charge >= 0.3 is 0 Å². The zero-order valence-corrected chi connectivity index (χ0v) is 12.1. The summed E-state index contributed by atoms with van der Waals surface area (Å²) in [5.41, 5.74) is 0.397. The molecule has 112 valence electrons. The summed E-state index contributed by atoms with van der Waals surface area (Å²) in [5, 5.41) is 15.2. The molecule has 1 aromatic carbocycles. The van der Waals surface area contributed by atoms with Gasteiger partial charge in [-0.1, -0.05) is 13.8 Å². The average Bonchev–Trinajstić information content (AvgIpc) is 2.47. The number of hydrogen-bond acceptors (Lipinski definition) is 3. The molecule has 0 spiro atoms. The van der Waals surface area contributed by atoms with E-state index in [9.17, 15) is 14.3 Å². The third kappa shape index (κ3) is 4.90. The fraction of sp³-hybridized carbons (Fsp3) is 0.533. The number of rotatable bonds is 8. The van der Waals surface area contributed by atoms with Crippen LogP contribution in [0.2, 0.25) is 0 Å². The van der Waals surface area contributed by atoms with Crippen molar-refractivity contribution in [2.45, 2.75) is 26.7 Å². The second-order valence-corrected chi connectivity index (χ2v) is 5.02. The molecular weight excluding hydrogens is 259 g/mol. The van der Waals surface area contributed by atoms with E-state index in [2.05, 4.69) is 10.6 Å². The Kier molecular flexibility index (Phi) is 6.61. The van der Waals surface area contributed by atoms with E-state index in [1.165, 1.54) is 24.3 Å². The Labute approximate surface area is 119 Å². The average molecular weight is 282 g/mol. The minimum atomic E-state index is -0.334. The summed E-state index contributed by atoms with van der Waals surface area (Å²) in [6.45, 7) is 4.92. The molecule has 0 aliphatic carbocycles. The third-order valence-electron chi connectivity index (χ3n) is 3.75. The van der Waals surface area contributed by atoms with E-state index >= 15 is 0 Å². The van der Waals surface area contributed by atoms with Crippen LogP contribution in [0.4, 0.5) is 10.1 Å². The lowest BCUT2D eigenvalue weighted by Crippen LogP contribution is -2.39. The molecule has 0 radical (unpaired) electrons. The van der Waals surface area contributed by atoms with Gasteiger partial charge in [-0.2, -0.15) is 0 Å². The molecule has 4 nitrogen and oxygen atoms in total. The molecule has 0 atom stereocenters. The molecule has 0 aliphatic heterocycles. The Bertz CT molecular complexity index is 408.